The van der Waals surface area contributed by atoms with Crippen molar-refractivity contribution in [2.45, 2.75) is 51.7 Å². The van der Waals surface area contributed by atoms with E-state index in [4.69, 9.17) is 5.73 Å². The molecule has 0 saturated carbocycles. The van der Waals surface area contributed by atoms with Crippen LogP contribution in [0.4, 0.5) is 0 Å². The molecule has 2 atom stereocenters. The van der Waals surface area contributed by atoms with Crippen LogP contribution in [0.15, 0.2) is 30.3 Å². The molecule has 20 heavy (non-hydrogen) atoms. The summed E-state index contributed by atoms with van der Waals surface area (Å²) in [6, 6.07) is 10.4. The van der Waals surface area contributed by atoms with Crippen molar-refractivity contribution in [3.63, 3.8) is 0 Å². The van der Waals surface area contributed by atoms with Gasteiger partial charge in [0.05, 0.1) is 0 Å². The zero-order valence-electron chi connectivity index (χ0n) is 12.9. The van der Waals surface area contributed by atoms with Gasteiger partial charge in [0.1, 0.15) is 0 Å². The Balaban J connectivity index is 2.46. The van der Waals surface area contributed by atoms with E-state index in [0.29, 0.717) is 13.0 Å². The number of hydrogen-bond acceptors (Lipinski definition) is 3. The quantitative estimate of drug-likeness (QED) is 0.714. The fourth-order valence-corrected chi connectivity index (χ4v) is 2.15. The Labute approximate surface area is 122 Å². The second kappa shape index (κ2) is 7.41. The Morgan fingerprint density at radius 3 is 2.40 bits per heavy atom. The smallest absolute Gasteiger partial charge is 0.221 e. The molecule has 0 aliphatic heterocycles. The van der Waals surface area contributed by atoms with E-state index >= 15 is 0 Å². The van der Waals surface area contributed by atoms with E-state index in [0.717, 1.165) is 0 Å². The summed E-state index contributed by atoms with van der Waals surface area (Å²) < 4.78 is 0. The maximum Gasteiger partial charge on any atom is 0.221 e. The molecule has 0 heterocycles. The first-order chi connectivity index (χ1) is 9.30. The molecule has 1 amide bonds. The Morgan fingerprint density at radius 1 is 1.25 bits per heavy atom. The lowest BCUT2D eigenvalue weighted by Crippen LogP contribution is -2.50. The van der Waals surface area contributed by atoms with Gasteiger partial charge < -0.3 is 16.4 Å². The molecule has 112 valence electrons. The van der Waals surface area contributed by atoms with Gasteiger partial charge in [-0.1, -0.05) is 30.3 Å². The average Bonchev–Trinajstić information content (AvgIpc) is 2.36. The molecule has 0 fully saturated rings. The van der Waals surface area contributed by atoms with E-state index in [-0.39, 0.29) is 23.5 Å². The van der Waals surface area contributed by atoms with Crippen LogP contribution in [0.3, 0.4) is 0 Å². The highest BCUT2D eigenvalue weighted by Crippen LogP contribution is 2.15. The monoisotopic (exact) mass is 277 g/mol. The van der Waals surface area contributed by atoms with E-state index in [1.165, 1.54) is 5.56 Å². The molecule has 4 N–H and O–H groups in total. The highest BCUT2D eigenvalue weighted by molar-refractivity contribution is 5.76. The molecule has 1 aromatic carbocycles. The minimum atomic E-state index is -0.178. The number of benzene rings is 1. The maximum absolute atomic E-state index is 11.6. The van der Waals surface area contributed by atoms with E-state index in [2.05, 4.69) is 43.5 Å². The summed E-state index contributed by atoms with van der Waals surface area (Å²) in [7, 11) is 0. The summed E-state index contributed by atoms with van der Waals surface area (Å²) in [6.07, 6.45) is 0.365. The number of amides is 1. The second-order valence-electron chi connectivity index (χ2n) is 6.12. The minimum Gasteiger partial charge on any atom is -0.354 e. The molecule has 0 bridgehead atoms. The fourth-order valence-electron chi connectivity index (χ4n) is 2.15. The van der Waals surface area contributed by atoms with Crippen molar-refractivity contribution in [2.24, 2.45) is 5.73 Å². The number of rotatable bonds is 7. The zero-order valence-corrected chi connectivity index (χ0v) is 12.9. The van der Waals surface area contributed by atoms with E-state index in [1.807, 2.05) is 25.1 Å². The predicted molar refractivity (Wildman–Crippen MR) is 83.3 cm³/mol. The molecule has 0 spiro atoms. The van der Waals surface area contributed by atoms with Gasteiger partial charge in [-0.25, -0.2) is 0 Å². The molecular formula is C16H27N3O. The van der Waals surface area contributed by atoms with Crippen molar-refractivity contribution in [2.75, 3.05) is 6.54 Å². The summed E-state index contributed by atoms with van der Waals surface area (Å²) in [5, 5.41) is 6.46. The van der Waals surface area contributed by atoms with E-state index in [9.17, 15) is 4.79 Å². The number of nitrogens with two attached hydrogens (primary N) is 1. The number of nitrogens with one attached hydrogen (secondary N) is 2. The van der Waals surface area contributed by atoms with Crippen LogP contribution in [0.1, 0.15) is 45.7 Å². The van der Waals surface area contributed by atoms with Gasteiger partial charge in [0.2, 0.25) is 5.91 Å². The zero-order chi connectivity index (χ0) is 15.2. The largest absolute Gasteiger partial charge is 0.354 e. The summed E-state index contributed by atoms with van der Waals surface area (Å²) in [6.45, 7) is 8.70. The molecule has 0 saturated heterocycles. The maximum atomic E-state index is 11.6. The van der Waals surface area contributed by atoms with Crippen molar-refractivity contribution in [1.82, 2.24) is 10.6 Å². The van der Waals surface area contributed by atoms with Crippen LogP contribution in [0.2, 0.25) is 0 Å². The molecule has 4 nitrogen and oxygen atoms in total. The Kier molecular flexibility index (Phi) is 6.17. The highest BCUT2D eigenvalue weighted by Gasteiger charge is 2.21. The molecule has 0 aromatic heterocycles. The molecule has 2 unspecified atom stereocenters. The van der Waals surface area contributed by atoms with Crippen LogP contribution in [-0.4, -0.2) is 24.0 Å². The normalized spacial score (nSPS) is 14.7. The molecule has 4 heteroatoms. The van der Waals surface area contributed by atoms with Crippen LogP contribution >= 0.6 is 0 Å². The Hall–Kier alpha value is -1.39. The lowest BCUT2D eigenvalue weighted by Gasteiger charge is -2.31. The second-order valence-corrected chi connectivity index (χ2v) is 6.12. The fraction of sp³-hybridized carbons (Fsp3) is 0.562. The number of carbonyl (C=O) groups is 1. The number of hydrogen-bond donors (Lipinski definition) is 3. The van der Waals surface area contributed by atoms with Crippen LogP contribution in [0.25, 0.3) is 0 Å². The molecule has 0 aliphatic rings. The van der Waals surface area contributed by atoms with E-state index in [1.54, 1.807) is 0 Å². The van der Waals surface area contributed by atoms with Crippen molar-refractivity contribution < 1.29 is 4.79 Å². The standard InChI is InChI=1S/C16H27N3O/c1-12(17)10-15(20)18-11-16(3,4)19-13(2)14-8-6-5-7-9-14/h5-9,12-13,19H,10-11,17H2,1-4H3,(H,18,20). The average molecular weight is 277 g/mol. The number of carbonyl (C=O) groups excluding carboxylic acids is 1. The SMILES string of the molecule is CC(N)CC(=O)NCC(C)(C)NC(C)c1ccccc1. The van der Waals surface area contributed by atoms with Gasteiger partial charge in [-0.05, 0) is 33.3 Å². The van der Waals surface area contributed by atoms with E-state index < -0.39 is 0 Å². The molecule has 1 aromatic rings. The highest BCUT2D eigenvalue weighted by atomic mass is 16.1. The first-order valence-corrected chi connectivity index (χ1v) is 7.15. The third kappa shape index (κ3) is 6.17. The topological polar surface area (TPSA) is 67.2 Å². The van der Waals surface area contributed by atoms with Crippen molar-refractivity contribution >= 4 is 5.91 Å². The lowest BCUT2D eigenvalue weighted by atomic mass is 10.0. The third-order valence-electron chi connectivity index (χ3n) is 3.14. The summed E-state index contributed by atoms with van der Waals surface area (Å²) in [5.74, 6) is 0.00207. The van der Waals surface area contributed by atoms with Gasteiger partial charge >= 0.3 is 0 Å². The Morgan fingerprint density at radius 2 is 1.85 bits per heavy atom. The van der Waals surface area contributed by atoms with Gasteiger partial charge in [-0.15, -0.1) is 0 Å². The third-order valence-corrected chi connectivity index (χ3v) is 3.14. The summed E-state index contributed by atoms with van der Waals surface area (Å²) in [5.41, 5.74) is 6.67. The van der Waals surface area contributed by atoms with Gasteiger partial charge in [0.15, 0.2) is 0 Å². The summed E-state index contributed by atoms with van der Waals surface area (Å²) >= 11 is 0. The Bertz CT molecular complexity index is 415. The minimum absolute atomic E-state index is 0.00207. The van der Waals surface area contributed by atoms with Gasteiger partial charge in [0, 0.05) is 30.6 Å². The molecular weight excluding hydrogens is 250 g/mol. The molecule has 0 aliphatic carbocycles. The summed E-state index contributed by atoms with van der Waals surface area (Å²) in [4.78, 5) is 11.6. The van der Waals surface area contributed by atoms with Gasteiger partial charge in [0.25, 0.3) is 0 Å². The first-order valence-electron chi connectivity index (χ1n) is 7.15. The van der Waals surface area contributed by atoms with Crippen LogP contribution in [0.5, 0.6) is 0 Å². The molecule has 0 radical (unpaired) electrons. The van der Waals surface area contributed by atoms with Crippen LogP contribution in [0, 0.1) is 0 Å². The molecule has 1 rings (SSSR count). The van der Waals surface area contributed by atoms with Gasteiger partial charge in [-0.2, -0.15) is 0 Å². The predicted octanol–water partition coefficient (Wildman–Crippen LogP) is 1.97. The van der Waals surface area contributed by atoms with Crippen molar-refractivity contribution in [1.29, 1.82) is 0 Å². The van der Waals surface area contributed by atoms with Gasteiger partial charge in [-0.3, -0.25) is 4.79 Å². The van der Waals surface area contributed by atoms with Crippen LogP contribution in [-0.2, 0) is 4.79 Å². The first kappa shape index (κ1) is 16.7. The van der Waals surface area contributed by atoms with Crippen LogP contribution < -0.4 is 16.4 Å². The lowest BCUT2D eigenvalue weighted by molar-refractivity contribution is -0.121. The van der Waals surface area contributed by atoms with Crippen molar-refractivity contribution in [3.05, 3.63) is 35.9 Å². The van der Waals surface area contributed by atoms with Crippen molar-refractivity contribution in [3.8, 4) is 0 Å².